The molecule has 1 nitrogen and oxygen atoms in total. The van der Waals surface area contributed by atoms with Crippen molar-refractivity contribution < 1.29 is 4.79 Å². The number of aldehydes is 1. The summed E-state index contributed by atoms with van der Waals surface area (Å²) in [5.41, 5.74) is 2.10. The fraction of sp³-hybridized carbons (Fsp3) is 0.550. The van der Waals surface area contributed by atoms with Gasteiger partial charge in [-0.2, -0.15) is 0 Å². The van der Waals surface area contributed by atoms with Crippen LogP contribution in [0.2, 0.25) is 0 Å². The molecule has 0 aliphatic carbocycles. The van der Waals surface area contributed by atoms with Crippen molar-refractivity contribution >= 4 is 6.29 Å². The average molecular weight is 288 g/mol. The molecule has 0 unspecified atom stereocenters. The molecule has 0 N–H and O–H groups in total. The van der Waals surface area contributed by atoms with Crippen molar-refractivity contribution in [3.05, 3.63) is 47.6 Å². The first kappa shape index (κ1) is 19.6. The van der Waals surface area contributed by atoms with Crippen LogP contribution < -0.4 is 0 Å². The molecule has 0 saturated carbocycles. The second-order valence-corrected chi connectivity index (χ2v) is 6.18. The molecule has 0 aromatic rings. The summed E-state index contributed by atoms with van der Waals surface area (Å²) in [6.45, 7) is 10.4. The smallest absolute Gasteiger partial charge is 0.145 e. The van der Waals surface area contributed by atoms with Gasteiger partial charge in [-0.3, -0.25) is 4.79 Å². The third-order valence-corrected chi connectivity index (χ3v) is 3.98. The molecule has 0 fully saturated rings. The number of allylic oxidation sites excluding steroid dienone is 8. The zero-order chi connectivity index (χ0) is 16.1. The number of hydrogen-bond acceptors (Lipinski definition) is 1. The standard InChI is InChI=1S/C20H32O/c1-6-7-8-9-10-11-12-13-14-15-16-20(4,5)19(3)18(2)17-21/h6-7,10-11,14-15,17H,8-9,12-13,16H2,1-5H3. The van der Waals surface area contributed by atoms with Crippen molar-refractivity contribution in [2.45, 2.75) is 66.7 Å². The van der Waals surface area contributed by atoms with Gasteiger partial charge in [0.15, 0.2) is 0 Å². The molecular formula is C20H32O. The molecule has 0 heterocycles. The third-order valence-electron chi connectivity index (χ3n) is 3.98. The van der Waals surface area contributed by atoms with Crippen LogP contribution in [0, 0.1) is 5.41 Å². The Hall–Kier alpha value is -1.37. The van der Waals surface area contributed by atoms with Crippen LogP contribution in [0.1, 0.15) is 66.7 Å². The lowest BCUT2D eigenvalue weighted by molar-refractivity contribution is -0.105. The van der Waals surface area contributed by atoms with E-state index in [1.165, 1.54) is 5.57 Å². The maximum absolute atomic E-state index is 10.8. The van der Waals surface area contributed by atoms with E-state index in [-0.39, 0.29) is 5.41 Å². The molecule has 0 atom stereocenters. The monoisotopic (exact) mass is 288 g/mol. The summed E-state index contributed by atoms with van der Waals surface area (Å²) in [7, 11) is 0. The first-order valence-corrected chi connectivity index (χ1v) is 8.00. The fourth-order valence-electron chi connectivity index (χ4n) is 2.06. The van der Waals surface area contributed by atoms with Crippen LogP contribution in [-0.4, -0.2) is 6.29 Å². The van der Waals surface area contributed by atoms with Crippen molar-refractivity contribution in [1.82, 2.24) is 0 Å². The van der Waals surface area contributed by atoms with Gasteiger partial charge in [0, 0.05) is 0 Å². The molecule has 21 heavy (non-hydrogen) atoms. The van der Waals surface area contributed by atoms with Crippen molar-refractivity contribution in [2.75, 3.05) is 0 Å². The summed E-state index contributed by atoms with van der Waals surface area (Å²) < 4.78 is 0. The predicted molar refractivity (Wildman–Crippen MR) is 94.4 cm³/mol. The number of unbranched alkanes of at least 4 members (excludes halogenated alkanes) is 2. The van der Waals surface area contributed by atoms with Crippen molar-refractivity contribution in [3.63, 3.8) is 0 Å². The van der Waals surface area contributed by atoms with Crippen LogP contribution in [0.15, 0.2) is 47.6 Å². The van der Waals surface area contributed by atoms with E-state index < -0.39 is 0 Å². The van der Waals surface area contributed by atoms with Crippen LogP contribution >= 0.6 is 0 Å². The Bertz CT molecular complexity index is 406. The minimum atomic E-state index is 0.0593. The molecule has 0 saturated heterocycles. The van der Waals surface area contributed by atoms with E-state index in [1.807, 2.05) is 6.92 Å². The van der Waals surface area contributed by atoms with Crippen LogP contribution in [0.4, 0.5) is 0 Å². The van der Waals surface area contributed by atoms with Gasteiger partial charge in [-0.05, 0) is 63.9 Å². The molecular weight excluding hydrogens is 256 g/mol. The molecule has 0 amide bonds. The molecule has 0 radical (unpaired) electrons. The van der Waals surface area contributed by atoms with Gasteiger partial charge in [-0.15, -0.1) is 0 Å². The highest BCUT2D eigenvalue weighted by atomic mass is 16.1. The summed E-state index contributed by atoms with van der Waals surface area (Å²) in [5.74, 6) is 0. The first-order valence-electron chi connectivity index (χ1n) is 8.00. The maximum Gasteiger partial charge on any atom is 0.145 e. The van der Waals surface area contributed by atoms with E-state index in [0.717, 1.165) is 44.0 Å². The lowest BCUT2D eigenvalue weighted by atomic mass is 9.80. The topological polar surface area (TPSA) is 17.1 Å². The van der Waals surface area contributed by atoms with Crippen molar-refractivity contribution in [1.29, 1.82) is 0 Å². The third kappa shape index (κ3) is 9.23. The van der Waals surface area contributed by atoms with Crippen molar-refractivity contribution in [3.8, 4) is 0 Å². The second-order valence-electron chi connectivity index (χ2n) is 6.18. The molecule has 0 spiro atoms. The highest BCUT2D eigenvalue weighted by molar-refractivity contribution is 5.73. The van der Waals surface area contributed by atoms with Crippen LogP contribution in [0.3, 0.4) is 0 Å². The maximum atomic E-state index is 10.8. The Morgan fingerprint density at radius 2 is 1.33 bits per heavy atom. The lowest BCUT2D eigenvalue weighted by Gasteiger charge is -2.25. The lowest BCUT2D eigenvalue weighted by Crippen LogP contribution is -2.13. The Kier molecular flexibility index (Phi) is 10.6. The number of hydrogen-bond donors (Lipinski definition) is 0. The van der Waals surface area contributed by atoms with Gasteiger partial charge in [-0.1, -0.05) is 55.9 Å². The Morgan fingerprint density at radius 3 is 1.81 bits per heavy atom. The van der Waals surface area contributed by atoms with E-state index in [9.17, 15) is 4.79 Å². The zero-order valence-electron chi connectivity index (χ0n) is 14.5. The van der Waals surface area contributed by atoms with Gasteiger partial charge in [-0.25, -0.2) is 0 Å². The van der Waals surface area contributed by atoms with Gasteiger partial charge < -0.3 is 0 Å². The quantitative estimate of drug-likeness (QED) is 0.203. The fourth-order valence-corrected chi connectivity index (χ4v) is 2.06. The van der Waals surface area contributed by atoms with Crippen molar-refractivity contribution in [2.24, 2.45) is 5.41 Å². The van der Waals surface area contributed by atoms with E-state index in [2.05, 4.69) is 64.2 Å². The normalized spacial score (nSPS) is 14.3. The zero-order valence-corrected chi connectivity index (χ0v) is 14.5. The number of rotatable bonds is 10. The molecule has 1 heteroatoms. The number of carbonyl (C=O) groups excluding carboxylic acids is 1. The molecule has 0 rings (SSSR count). The van der Waals surface area contributed by atoms with Gasteiger partial charge >= 0.3 is 0 Å². The summed E-state index contributed by atoms with van der Waals surface area (Å²) in [4.78, 5) is 10.8. The molecule has 0 aromatic heterocycles. The summed E-state index contributed by atoms with van der Waals surface area (Å²) >= 11 is 0. The Balaban J connectivity index is 4.04. The summed E-state index contributed by atoms with van der Waals surface area (Å²) in [6, 6.07) is 0. The van der Waals surface area contributed by atoms with E-state index in [1.54, 1.807) is 0 Å². The molecule has 0 aliphatic heterocycles. The van der Waals surface area contributed by atoms with Gasteiger partial charge in [0.2, 0.25) is 0 Å². The second kappa shape index (κ2) is 11.3. The summed E-state index contributed by atoms with van der Waals surface area (Å²) in [5, 5.41) is 0. The van der Waals surface area contributed by atoms with E-state index in [4.69, 9.17) is 0 Å². The largest absolute Gasteiger partial charge is 0.298 e. The highest BCUT2D eigenvalue weighted by Crippen LogP contribution is 2.32. The molecule has 0 bridgehead atoms. The minimum Gasteiger partial charge on any atom is -0.298 e. The van der Waals surface area contributed by atoms with Crippen LogP contribution in [0.5, 0.6) is 0 Å². The van der Waals surface area contributed by atoms with E-state index in [0.29, 0.717) is 0 Å². The van der Waals surface area contributed by atoms with E-state index >= 15 is 0 Å². The number of carbonyl (C=O) groups is 1. The highest BCUT2D eigenvalue weighted by Gasteiger charge is 2.19. The first-order chi connectivity index (χ1) is 9.95. The van der Waals surface area contributed by atoms with Gasteiger partial charge in [0.25, 0.3) is 0 Å². The Morgan fingerprint density at radius 1 is 0.857 bits per heavy atom. The Labute approximate surface area is 131 Å². The minimum absolute atomic E-state index is 0.0593. The van der Waals surface area contributed by atoms with Crippen LogP contribution in [-0.2, 0) is 4.79 Å². The summed E-state index contributed by atoms with van der Waals surface area (Å²) in [6.07, 6.45) is 19.7. The van der Waals surface area contributed by atoms with Gasteiger partial charge in [0.05, 0.1) is 0 Å². The SMILES string of the molecule is CC=CCCC=CCCC=CCC(C)(C)C(C)=C(C)C=O. The van der Waals surface area contributed by atoms with Gasteiger partial charge in [0.1, 0.15) is 6.29 Å². The molecule has 0 aromatic carbocycles. The van der Waals surface area contributed by atoms with Crippen LogP contribution in [0.25, 0.3) is 0 Å². The molecule has 0 aliphatic rings. The molecule has 118 valence electrons. The average Bonchev–Trinajstić information content (AvgIpc) is 2.47. The predicted octanol–water partition coefficient (Wildman–Crippen LogP) is 6.19.